The molecule has 1 aromatic rings. The molecule has 1 fully saturated rings. The highest BCUT2D eigenvalue weighted by molar-refractivity contribution is 5.89. The molecular formula is C18H28N2O3. The highest BCUT2D eigenvalue weighted by Crippen LogP contribution is 2.22. The van der Waals surface area contributed by atoms with E-state index in [0.29, 0.717) is 25.6 Å². The Balaban J connectivity index is 2.01. The van der Waals surface area contributed by atoms with Crippen LogP contribution in [-0.2, 0) is 9.47 Å². The van der Waals surface area contributed by atoms with Crippen LogP contribution in [0.2, 0.25) is 0 Å². The normalized spacial score (nSPS) is 20.6. The maximum absolute atomic E-state index is 12.5. The number of morpholine rings is 1. The summed E-state index contributed by atoms with van der Waals surface area (Å²) in [6.45, 7) is 9.87. The average molecular weight is 320 g/mol. The van der Waals surface area contributed by atoms with Gasteiger partial charge in [0.15, 0.2) is 0 Å². The molecule has 1 saturated heterocycles. The standard InChI is InChI=1S/C18H28N2O3/c1-13(2)14-6-8-15(9-7-14)19-17(21)20-10-16(11-22-5)23-18(3,4)12-20/h6-9,13,16H,10-12H2,1-5H3,(H,19,21)/t16-/m0/s1. The summed E-state index contributed by atoms with van der Waals surface area (Å²) in [7, 11) is 1.64. The summed E-state index contributed by atoms with van der Waals surface area (Å²) >= 11 is 0. The van der Waals surface area contributed by atoms with Crippen molar-refractivity contribution in [1.82, 2.24) is 4.90 Å². The topological polar surface area (TPSA) is 50.8 Å². The van der Waals surface area contributed by atoms with Gasteiger partial charge in [-0.25, -0.2) is 4.79 Å². The van der Waals surface area contributed by atoms with Crippen LogP contribution in [-0.4, -0.2) is 49.4 Å². The lowest BCUT2D eigenvalue weighted by Crippen LogP contribution is -2.56. The van der Waals surface area contributed by atoms with Gasteiger partial charge in [0.2, 0.25) is 0 Å². The summed E-state index contributed by atoms with van der Waals surface area (Å²) in [5.41, 5.74) is 1.70. The van der Waals surface area contributed by atoms with E-state index in [1.807, 2.05) is 26.0 Å². The number of hydrogen-bond donors (Lipinski definition) is 1. The number of carbonyl (C=O) groups excluding carboxylic acids is 1. The van der Waals surface area contributed by atoms with Crippen LogP contribution in [0.15, 0.2) is 24.3 Å². The summed E-state index contributed by atoms with van der Waals surface area (Å²) in [6.07, 6.45) is -0.0992. The number of nitrogens with zero attached hydrogens (tertiary/aromatic N) is 1. The number of amides is 2. The fourth-order valence-corrected chi connectivity index (χ4v) is 2.88. The predicted molar refractivity (Wildman–Crippen MR) is 92.0 cm³/mol. The van der Waals surface area contributed by atoms with Gasteiger partial charge in [-0.3, -0.25) is 0 Å². The van der Waals surface area contributed by atoms with E-state index < -0.39 is 0 Å². The number of anilines is 1. The van der Waals surface area contributed by atoms with Crippen LogP contribution in [0.4, 0.5) is 10.5 Å². The molecular weight excluding hydrogens is 292 g/mol. The Morgan fingerprint density at radius 2 is 2.04 bits per heavy atom. The summed E-state index contributed by atoms with van der Waals surface area (Å²) < 4.78 is 11.1. The third kappa shape index (κ3) is 4.94. The molecule has 2 rings (SSSR count). The number of carbonyl (C=O) groups is 1. The van der Waals surface area contributed by atoms with E-state index in [2.05, 4.69) is 31.3 Å². The first-order chi connectivity index (χ1) is 10.8. The molecule has 0 saturated carbocycles. The molecule has 0 aliphatic carbocycles. The van der Waals surface area contributed by atoms with Crippen molar-refractivity contribution in [2.75, 3.05) is 32.1 Å². The zero-order chi connectivity index (χ0) is 17.0. The number of methoxy groups -OCH3 is 1. The van der Waals surface area contributed by atoms with E-state index in [0.717, 1.165) is 5.69 Å². The monoisotopic (exact) mass is 320 g/mol. The molecule has 1 aromatic carbocycles. The third-order valence-electron chi connectivity index (χ3n) is 3.95. The average Bonchev–Trinajstić information content (AvgIpc) is 2.46. The van der Waals surface area contributed by atoms with Gasteiger partial charge in [-0.1, -0.05) is 26.0 Å². The first-order valence-corrected chi connectivity index (χ1v) is 8.13. The van der Waals surface area contributed by atoms with Gasteiger partial charge < -0.3 is 19.7 Å². The molecule has 1 aliphatic rings. The lowest BCUT2D eigenvalue weighted by atomic mass is 10.0. The Morgan fingerprint density at radius 1 is 1.39 bits per heavy atom. The number of benzene rings is 1. The second-order valence-electron chi connectivity index (χ2n) is 7.04. The van der Waals surface area contributed by atoms with Gasteiger partial charge >= 0.3 is 6.03 Å². The molecule has 128 valence electrons. The highest BCUT2D eigenvalue weighted by Gasteiger charge is 2.35. The fraction of sp³-hybridized carbons (Fsp3) is 0.611. The summed E-state index contributed by atoms with van der Waals surface area (Å²) in [4.78, 5) is 14.3. The Bertz CT molecular complexity index is 526. The Labute approximate surface area is 139 Å². The van der Waals surface area contributed by atoms with Crippen LogP contribution in [0.1, 0.15) is 39.2 Å². The van der Waals surface area contributed by atoms with Gasteiger partial charge in [0, 0.05) is 12.8 Å². The van der Waals surface area contributed by atoms with Crippen molar-refractivity contribution in [1.29, 1.82) is 0 Å². The largest absolute Gasteiger partial charge is 0.382 e. The molecule has 5 nitrogen and oxygen atoms in total. The molecule has 1 aliphatic heterocycles. The zero-order valence-corrected chi connectivity index (χ0v) is 14.8. The van der Waals surface area contributed by atoms with E-state index in [-0.39, 0.29) is 17.7 Å². The molecule has 0 bridgehead atoms. The first kappa shape index (κ1) is 17.8. The van der Waals surface area contributed by atoms with Gasteiger partial charge in [0.1, 0.15) is 0 Å². The number of hydrogen-bond acceptors (Lipinski definition) is 3. The van der Waals surface area contributed by atoms with E-state index >= 15 is 0 Å². The Morgan fingerprint density at radius 3 is 2.61 bits per heavy atom. The van der Waals surface area contributed by atoms with Crippen molar-refractivity contribution in [3.8, 4) is 0 Å². The summed E-state index contributed by atoms with van der Waals surface area (Å²) in [5, 5.41) is 2.97. The Kier molecular flexibility index (Phi) is 5.65. The number of nitrogens with one attached hydrogen (secondary N) is 1. The van der Waals surface area contributed by atoms with Crippen LogP contribution in [0.5, 0.6) is 0 Å². The van der Waals surface area contributed by atoms with Crippen molar-refractivity contribution < 1.29 is 14.3 Å². The summed E-state index contributed by atoms with van der Waals surface area (Å²) in [6, 6.07) is 7.91. The van der Waals surface area contributed by atoms with Crippen molar-refractivity contribution >= 4 is 11.7 Å². The van der Waals surface area contributed by atoms with Gasteiger partial charge in [-0.05, 0) is 37.5 Å². The second kappa shape index (κ2) is 7.32. The SMILES string of the molecule is COC[C@@H]1CN(C(=O)Nc2ccc(C(C)C)cc2)CC(C)(C)O1. The fourth-order valence-electron chi connectivity index (χ4n) is 2.88. The molecule has 5 heteroatoms. The molecule has 0 radical (unpaired) electrons. The third-order valence-corrected chi connectivity index (χ3v) is 3.95. The quantitative estimate of drug-likeness (QED) is 0.924. The highest BCUT2D eigenvalue weighted by atomic mass is 16.5. The summed E-state index contributed by atoms with van der Waals surface area (Å²) in [5.74, 6) is 0.481. The van der Waals surface area contributed by atoms with Crippen LogP contribution >= 0.6 is 0 Å². The smallest absolute Gasteiger partial charge is 0.322 e. The van der Waals surface area contributed by atoms with E-state index in [4.69, 9.17) is 9.47 Å². The molecule has 1 N–H and O–H groups in total. The molecule has 23 heavy (non-hydrogen) atoms. The predicted octanol–water partition coefficient (Wildman–Crippen LogP) is 3.47. The Hall–Kier alpha value is -1.59. The van der Waals surface area contributed by atoms with Gasteiger partial charge in [0.25, 0.3) is 0 Å². The molecule has 0 unspecified atom stereocenters. The van der Waals surface area contributed by atoms with Gasteiger partial charge in [-0.15, -0.1) is 0 Å². The van der Waals surface area contributed by atoms with Crippen molar-refractivity contribution in [2.45, 2.75) is 45.3 Å². The molecule has 2 amide bonds. The van der Waals surface area contributed by atoms with Crippen LogP contribution in [0.3, 0.4) is 0 Å². The lowest BCUT2D eigenvalue weighted by molar-refractivity contribution is -0.141. The minimum absolute atomic E-state index is 0.0974. The molecule has 1 atom stereocenters. The maximum Gasteiger partial charge on any atom is 0.322 e. The second-order valence-corrected chi connectivity index (χ2v) is 7.04. The molecule has 1 heterocycles. The van der Waals surface area contributed by atoms with Crippen molar-refractivity contribution in [3.63, 3.8) is 0 Å². The van der Waals surface area contributed by atoms with Gasteiger partial charge in [0.05, 0.1) is 31.4 Å². The van der Waals surface area contributed by atoms with Crippen LogP contribution in [0, 0.1) is 0 Å². The van der Waals surface area contributed by atoms with Crippen molar-refractivity contribution in [3.05, 3.63) is 29.8 Å². The van der Waals surface area contributed by atoms with E-state index in [9.17, 15) is 4.79 Å². The van der Waals surface area contributed by atoms with E-state index in [1.165, 1.54) is 5.56 Å². The lowest BCUT2D eigenvalue weighted by Gasteiger charge is -2.42. The van der Waals surface area contributed by atoms with Crippen LogP contribution in [0.25, 0.3) is 0 Å². The minimum atomic E-state index is -0.375. The van der Waals surface area contributed by atoms with Crippen LogP contribution < -0.4 is 5.32 Å². The molecule has 0 aromatic heterocycles. The first-order valence-electron chi connectivity index (χ1n) is 8.13. The number of urea groups is 1. The number of rotatable bonds is 4. The van der Waals surface area contributed by atoms with Gasteiger partial charge in [-0.2, -0.15) is 0 Å². The number of ether oxygens (including phenoxy) is 2. The zero-order valence-electron chi connectivity index (χ0n) is 14.8. The molecule has 0 spiro atoms. The maximum atomic E-state index is 12.5. The van der Waals surface area contributed by atoms with Crippen molar-refractivity contribution in [2.24, 2.45) is 0 Å². The minimum Gasteiger partial charge on any atom is -0.382 e. The van der Waals surface area contributed by atoms with E-state index in [1.54, 1.807) is 12.0 Å².